The Morgan fingerprint density at radius 2 is 1.62 bits per heavy atom. The predicted octanol–water partition coefficient (Wildman–Crippen LogP) is 5.47. The van der Waals surface area contributed by atoms with Gasteiger partial charge in [-0.05, 0) is 40.8 Å². The van der Waals surface area contributed by atoms with Crippen molar-refractivity contribution in [1.29, 1.82) is 0 Å². The molecule has 1 aromatic heterocycles. The number of hydrogen-bond donors (Lipinski definition) is 0. The minimum Gasteiger partial charge on any atom is -0.411 e. The maximum atomic E-state index is 12.9. The zero-order valence-electron chi connectivity index (χ0n) is 13.9. The number of halogens is 1. The third-order valence-electron chi connectivity index (χ3n) is 3.68. The van der Waals surface area contributed by atoms with Crippen molar-refractivity contribution in [2.45, 2.75) is 37.2 Å². The zero-order valence-corrected chi connectivity index (χ0v) is 14.7. The molecule has 0 aliphatic carbocycles. The Kier molecular flexibility index (Phi) is 4.71. The highest BCUT2D eigenvalue weighted by molar-refractivity contribution is 7.98. The summed E-state index contributed by atoms with van der Waals surface area (Å²) < 4.78 is 18.6. The first-order valence-corrected chi connectivity index (χ1v) is 8.72. The summed E-state index contributed by atoms with van der Waals surface area (Å²) in [6.07, 6.45) is 0. The molecule has 2 aromatic carbocycles. The number of rotatable bonds is 4. The highest BCUT2D eigenvalue weighted by atomic mass is 32.2. The average Bonchev–Trinajstić information content (AvgIpc) is 3.02. The van der Waals surface area contributed by atoms with E-state index >= 15 is 0 Å². The maximum absolute atomic E-state index is 12.9. The fourth-order valence-electron chi connectivity index (χ4n) is 2.22. The van der Waals surface area contributed by atoms with Crippen molar-refractivity contribution < 1.29 is 8.81 Å². The lowest BCUT2D eigenvalue weighted by atomic mass is 9.87. The number of hydrogen-bond acceptors (Lipinski definition) is 4. The van der Waals surface area contributed by atoms with E-state index in [1.165, 1.54) is 35.0 Å². The van der Waals surface area contributed by atoms with E-state index in [0.717, 1.165) is 5.75 Å². The molecule has 0 aliphatic heterocycles. The van der Waals surface area contributed by atoms with Crippen LogP contribution in [0.2, 0.25) is 0 Å². The van der Waals surface area contributed by atoms with Gasteiger partial charge in [0.05, 0.1) is 0 Å². The van der Waals surface area contributed by atoms with Crippen LogP contribution in [0.15, 0.2) is 58.2 Å². The van der Waals surface area contributed by atoms with Crippen LogP contribution in [0.4, 0.5) is 4.39 Å². The Morgan fingerprint density at radius 3 is 2.25 bits per heavy atom. The molecule has 5 heteroatoms. The van der Waals surface area contributed by atoms with Gasteiger partial charge < -0.3 is 4.42 Å². The molecule has 0 saturated heterocycles. The van der Waals surface area contributed by atoms with Crippen molar-refractivity contribution in [3.05, 3.63) is 65.5 Å². The van der Waals surface area contributed by atoms with Crippen molar-refractivity contribution in [3.63, 3.8) is 0 Å². The Hall–Kier alpha value is -2.14. The standard InChI is InChI=1S/C19H19FN2OS/c1-19(2,3)15-8-4-13(5-9-15)12-24-18-22-21-17(23-18)14-6-10-16(20)11-7-14/h4-11H,12H2,1-3H3. The summed E-state index contributed by atoms with van der Waals surface area (Å²) in [5.74, 6) is 0.877. The van der Waals surface area contributed by atoms with Crippen molar-refractivity contribution in [1.82, 2.24) is 10.2 Å². The van der Waals surface area contributed by atoms with Crippen LogP contribution >= 0.6 is 11.8 Å². The molecule has 0 fully saturated rings. The topological polar surface area (TPSA) is 38.9 Å². The van der Waals surface area contributed by atoms with Crippen LogP contribution in [0.25, 0.3) is 11.5 Å². The van der Waals surface area contributed by atoms with E-state index in [4.69, 9.17) is 4.42 Å². The first-order valence-electron chi connectivity index (χ1n) is 7.73. The molecular weight excluding hydrogens is 323 g/mol. The van der Waals surface area contributed by atoms with Gasteiger partial charge in [-0.1, -0.05) is 56.8 Å². The first-order chi connectivity index (χ1) is 11.4. The molecular formula is C19H19FN2OS. The lowest BCUT2D eigenvalue weighted by molar-refractivity contribution is 0.465. The number of benzene rings is 2. The molecule has 0 amide bonds. The fraction of sp³-hybridized carbons (Fsp3) is 0.263. The Labute approximate surface area is 145 Å². The minimum atomic E-state index is -0.286. The Bertz CT molecular complexity index is 805. The second-order valence-electron chi connectivity index (χ2n) is 6.62. The van der Waals surface area contributed by atoms with Gasteiger partial charge >= 0.3 is 0 Å². The molecule has 0 N–H and O–H groups in total. The molecule has 124 valence electrons. The van der Waals surface area contributed by atoms with Crippen LogP contribution in [-0.4, -0.2) is 10.2 Å². The fourth-order valence-corrected chi connectivity index (χ4v) is 2.94. The van der Waals surface area contributed by atoms with Gasteiger partial charge in [-0.15, -0.1) is 10.2 Å². The van der Waals surface area contributed by atoms with E-state index < -0.39 is 0 Å². The van der Waals surface area contributed by atoms with Crippen molar-refractivity contribution in [2.75, 3.05) is 0 Å². The molecule has 0 bridgehead atoms. The monoisotopic (exact) mass is 342 g/mol. The van der Waals surface area contributed by atoms with Crippen LogP contribution in [0.3, 0.4) is 0 Å². The lowest BCUT2D eigenvalue weighted by Gasteiger charge is -2.19. The summed E-state index contributed by atoms with van der Waals surface area (Å²) in [4.78, 5) is 0. The second kappa shape index (κ2) is 6.77. The first kappa shape index (κ1) is 16.7. The second-order valence-corrected chi connectivity index (χ2v) is 7.54. The van der Waals surface area contributed by atoms with Gasteiger partial charge in [-0.3, -0.25) is 0 Å². The maximum Gasteiger partial charge on any atom is 0.277 e. The quantitative estimate of drug-likeness (QED) is 0.590. The van der Waals surface area contributed by atoms with Crippen molar-refractivity contribution >= 4 is 11.8 Å². The summed E-state index contributed by atoms with van der Waals surface area (Å²) in [6, 6.07) is 14.6. The van der Waals surface area contributed by atoms with E-state index in [0.29, 0.717) is 16.7 Å². The lowest BCUT2D eigenvalue weighted by Crippen LogP contribution is -2.10. The van der Waals surface area contributed by atoms with Gasteiger partial charge in [0, 0.05) is 11.3 Å². The zero-order chi connectivity index (χ0) is 17.2. The van der Waals surface area contributed by atoms with Crippen LogP contribution in [0.5, 0.6) is 0 Å². The van der Waals surface area contributed by atoms with E-state index in [9.17, 15) is 4.39 Å². The van der Waals surface area contributed by atoms with Gasteiger partial charge in [0.15, 0.2) is 0 Å². The van der Waals surface area contributed by atoms with E-state index in [1.807, 2.05) is 0 Å². The molecule has 0 spiro atoms. The van der Waals surface area contributed by atoms with E-state index in [1.54, 1.807) is 12.1 Å². The van der Waals surface area contributed by atoms with Gasteiger partial charge in [0.1, 0.15) is 5.82 Å². The van der Waals surface area contributed by atoms with E-state index in [2.05, 4.69) is 55.2 Å². The number of aromatic nitrogens is 2. The molecule has 0 radical (unpaired) electrons. The summed E-state index contributed by atoms with van der Waals surface area (Å²) >= 11 is 1.49. The molecule has 3 rings (SSSR count). The largest absolute Gasteiger partial charge is 0.411 e. The van der Waals surface area contributed by atoms with Crippen LogP contribution in [0.1, 0.15) is 31.9 Å². The normalized spacial score (nSPS) is 11.7. The predicted molar refractivity (Wildman–Crippen MR) is 94.4 cm³/mol. The molecule has 24 heavy (non-hydrogen) atoms. The van der Waals surface area contributed by atoms with E-state index in [-0.39, 0.29) is 11.2 Å². The third-order valence-corrected chi connectivity index (χ3v) is 4.57. The van der Waals surface area contributed by atoms with Gasteiger partial charge in [0.2, 0.25) is 5.89 Å². The molecule has 0 atom stereocenters. The smallest absolute Gasteiger partial charge is 0.277 e. The number of nitrogens with zero attached hydrogens (tertiary/aromatic N) is 2. The molecule has 0 saturated carbocycles. The van der Waals surface area contributed by atoms with Crippen LogP contribution in [-0.2, 0) is 11.2 Å². The summed E-state index contributed by atoms with van der Waals surface area (Å²) in [5.41, 5.74) is 3.38. The molecule has 0 unspecified atom stereocenters. The van der Waals surface area contributed by atoms with Crippen LogP contribution < -0.4 is 0 Å². The van der Waals surface area contributed by atoms with Crippen molar-refractivity contribution in [2.24, 2.45) is 0 Å². The summed E-state index contributed by atoms with van der Waals surface area (Å²) in [5, 5.41) is 8.56. The minimum absolute atomic E-state index is 0.155. The Balaban J connectivity index is 1.64. The third kappa shape index (κ3) is 4.03. The molecule has 3 aromatic rings. The highest BCUT2D eigenvalue weighted by Gasteiger charge is 2.13. The van der Waals surface area contributed by atoms with Crippen LogP contribution in [0, 0.1) is 5.82 Å². The summed E-state index contributed by atoms with van der Waals surface area (Å²) in [7, 11) is 0. The Morgan fingerprint density at radius 1 is 0.958 bits per heavy atom. The highest BCUT2D eigenvalue weighted by Crippen LogP contribution is 2.27. The van der Waals surface area contributed by atoms with Gasteiger partial charge in [-0.2, -0.15) is 0 Å². The molecule has 0 aliphatic rings. The summed E-state index contributed by atoms with van der Waals surface area (Å²) in [6.45, 7) is 6.60. The van der Waals surface area contributed by atoms with Gasteiger partial charge in [-0.25, -0.2) is 4.39 Å². The average molecular weight is 342 g/mol. The SMILES string of the molecule is CC(C)(C)c1ccc(CSc2nnc(-c3ccc(F)cc3)o2)cc1. The van der Waals surface area contributed by atoms with Crippen molar-refractivity contribution in [3.8, 4) is 11.5 Å². The molecule has 3 nitrogen and oxygen atoms in total. The molecule has 1 heterocycles. The number of thioether (sulfide) groups is 1. The van der Waals surface area contributed by atoms with Gasteiger partial charge in [0.25, 0.3) is 5.22 Å².